The van der Waals surface area contributed by atoms with Gasteiger partial charge in [0.25, 0.3) is 0 Å². The van der Waals surface area contributed by atoms with E-state index in [1.54, 1.807) is 0 Å². The lowest BCUT2D eigenvalue weighted by Gasteiger charge is -2.34. The van der Waals surface area contributed by atoms with E-state index in [2.05, 4.69) is 240 Å². The van der Waals surface area contributed by atoms with E-state index in [-0.39, 0.29) is 0 Å². The van der Waals surface area contributed by atoms with Gasteiger partial charge in [0.05, 0.1) is 33.4 Å². The Kier molecular flexibility index (Phi) is 7.87. The minimum absolute atomic E-state index is 1.15. The van der Waals surface area contributed by atoms with Gasteiger partial charge in [-0.05, 0) is 57.1 Å². The van der Waals surface area contributed by atoms with Crippen LogP contribution in [-0.2, 0) is 0 Å². The summed E-state index contributed by atoms with van der Waals surface area (Å²) < 4.78 is 4.93. The molecule has 0 spiro atoms. The van der Waals surface area contributed by atoms with Crippen LogP contribution in [0.5, 0.6) is 0 Å². The summed E-state index contributed by atoms with van der Waals surface area (Å²) in [6, 6.07) is 85.2. The van der Waals surface area contributed by atoms with Crippen molar-refractivity contribution < 1.29 is 0 Å². The standard InChI is InChI=1S/C54H38N2Si/c1-4-20-39(21-5-1)57(40-22-6-2-7-23-40,41-24-8-3-9-25-41)42-36-37-54-48(38-42)47-30-14-19-35-53(47)56(54)52-34-18-13-29-46(52)45-28-12-17-33-51(45)55-49-31-15-10-26-43(49)44-27-11-16-32-50(44)55/h1-38H. The monoisotopic (exact) mass is 742 g/mol. The molecule has 2 aromatic heterocycles. The minimum atomic E-state index is -2.73. The predicted octanol–water partition coefficient (Wildman–Crippen LogP) is 10.9. The van der Waals surface area contributed by atoms with Crippen LogP contribution in [0.15, 0.2) is 231 Å². The lowest BCUT2D eigenvalue weighted by Crippen LogP contribution is -2.74. The first-order chi connectivity index (χ1) is 28.3. The molecule has 0 fully saturated rings. The van der Waals surface area contributed by atoms with Crippen LogP contribution in [0.4, 0.5) is 0 Å². The topological polar surface area (TPSA) is 9.86 Å². The fourth-order valence-corrected chi connectivity index (χ4v) is 14.3. The molecular weight excluding hydrogens is 705 g/mol. The van der Waals surface area contributed by atoms with Gasteiger partial charge in [-0.1, -0.05) is 194 Å². The fraction of sp³-hybridized carbons (Fsp3) is 0. The average molecular weight is 743 g/mol. The highest BCUT2D eigenvalue weighted by molar-refractivity contribution is 7.20. The van der Waals surface area contributed by atoms with Gasteiger partial charge in [0.1, 0.15) is 0 Å². The molecule has 11 rings (SSSR count). The molecule has 57 heavy (non-hydrogen) atoms. The number of hydrogen-bond donors (Lipinski definition) is 0. The SMILES string of the molecule is c1ccc([Si](c2ccccc2)(c2ccccc2)c2ccc3c(c2)c2ccccc2n3-c2ccccc2-c2ccccc2-n2c3ccccc3c3ccccc32)cc1. The quantitative estimate of drug-likeness (QED) is 0.114. The van der Waals surface area contributed by atoms with Crippen LogP contribution in [0.1, 0.15) is 0 Å². The van der Waals surface area contributed by atoms with Gasteiger partial charge < -0.3 is 9.13 Å². The molecule has 3 heteroatoms. The molecule has 268 valence electrons. The molecule has 0 aliphatic carbocycles. The molecule has 0 unspecified atom stereocenters. The molecule has 0 saturated carbocycles. The second-order valence-corrected chi connectivity index (χ2v) is 18.6. The molecule has 11 aromatic rings. The van der Waals surface area contributed by atoms with Crippen LogP contribution in [0.2, 0.25) is 0 Å². The van der Waals surface area contributed by atoms with E-state index in [4.69, 9.17) is 0 Å². The van der Waals surface area contributed by atoms with E-state index in [0.717, 1.165) is 11.4 Å². The Hall–Kier alpha value is -7.20. The van der Waals surface area contributed by atoms with Crippen molar-refractivity contribution in [2.45, 2.75) is 0 Å². The smallest absolute Gasteiger partial charge is 0.179 e. The van der Waals surface area contributed by atoms with Gasteiger partial charge in [0.2, 0.25) is 0 Å². The molecular formula is C54H38N2Si. The Morgan fingerprint density at radius 2 is 0.579 bits per heavy atom. The summed E-state index contributed by atoms with van der Waals surface area (Å²) in [7, 11) is -2.73. The first-order valence-electron chi connectivity index (χ1n) is 19.7. The van der Waals surface area contributed by atoms with Crippen molar-refractivity contribution >= 4 is 72.4 Å². The van der Waals surface area contributed by atoms with E-state index in [9.17, 15) is 0 Å². The summed E-state index contributed by atoms with van der Waals surface area (Å²) in [5.74, 6) is 0. The third-order valence-electron chi connectivity index (χ3n) is 11.9. The van der Waals surface area contributed by atoms with Crippen LogP contribution in [0, 0.1) is 0 Å². The van der Waals surface area contributed by atoms with Gasteiger partial charge in [-0.3, -0.25) is 0 Å². The second-order valence-electron chi connectivity index (χ2n) is 14.8. The number of para-hydroxylation sites is 5. The van der Waals surface area contributed by atoms with E-state index in [0.29, 0.717) is 0 Å². The van der Waals surface area contributed by atoms with Gasteiger partial charge in [0, 0.05) is 32.7 Å². The summed E-state index contributed by atoms with van der Waals surface area (Å²) in [5.41, 5.74) is 9.48. The van der Waals surface area contributed by atoms with Crippen LogP contribution in [0.25, 0.3) is 66.1 Å². The summed E-state index contributed by atoms with van der Waals surface area (Å²) >= 11 is 0. The largest absolute Gasteiger partial charge is 0.309 e. The number of rotatable bonds is 7. The summed E-state index contributed by atoms with van der Waals surface area (Å²) in [5, 5.41) is 10.5. The van der Waals surface area contributed by atoms with Crippen molar-refractivity contribution in [1.82, 2.24) is 9.13 Å². The number of fused-ring (bicyclic) bond motifs is 6. The molecule has 0 N–H and O–H groups in total. The summed E-state index contributed by atoms with van der Waals surface area (Å²) in [4.78, 5) is 0. The van der Waals surface area contributed by atoms with Crippen LogP contribution in [0.3, 0.4) is 0 Å². The zero-order valence-corrected chi connectivity index (χ0v) is 32.3. The normalized spacial score (nSPS) is 11.9. The summed E-state index contributed by atoms with van der Waals surface area (Å²) in [6.07, 6.45) is 0. The Morgan fingerprint density at radius 1 is 0.246 bits per heavy atom. The van der Waals surface area contributed by atoms with Gasteiger partial charge in [-0.2, -0.15) is 0 Å². The molecule has 2 nitrogen and oxygen atoms in total. The zero-order valence-electron chi connectivity index (χ0n) is 31.3. The van der Waals surface area contributed by atoms with Crippen molar-refractivity contribution in [3.8, 4) is 22.5 Å². The molecule has 0 aliphatic heterocycles. The Balaban J connectivity index is 1.18. The second kappa shape index (κ2) is 13.5. The minimum Gasteiger partial charge on any atom is -0.309 e. The predicted molar refractivity (Wildman–Crippen MR) is 244 cm³/mol. The van der Waals surface area contributed by atoms with E-state index in [1.807, 2.05) is 0 Å². The summed E-state index contributed by atoms with van der Waals surface area (Å²) in [6.45, 7) is 0. The van der Waals surface area contributed by atoms with Crippen LogP contribution < -0.4 is 20.7 Å². The van der Waals surface area contributed by atoms with Crippen molar-refractivity contribution in [2.75, 3.05) is 0 Å². The van der Waals surface area contributed by atoms with Crippen molar-refractivity contribution in [3.05, 3.63) is 231 Å². The fourth-order valence-electron chi connectivity index (χ4n) is 9.51. The van der Waals surface area contributed by atoms with Gasteiger partial charge >= 0.3 is 0 Å². The third kappa shape index (κ3) is 5.10. The molecule has 0 saturated heterocycles. The van der Waals surface area contributed by atoms with E-state index >= 15 is 0 Å². The molecule has 0 atom stereocenters. The Morgan fingerprint density at radius 3 is 1.02 bits per heavy atom. The molecule has 0 bridgehead atoms. The highest BCUT2D eigenvalue weighted by atomic mass is 28.3. The Labute approximate surface area is 333 Å². The molecule has 0 aliphatic rings. The number of hydrogen-bond acceptors (Lipinski definition) is 0. The first kappa shape index (κ1) is 33.2. The van der Waals surface area contributed by atoms with Gasteiger partial charge in [-0.15, -0.1) is 0 Å². The van der Waals surface area contributed by atoms with Gasteiger partial charge in [0.15, 0.2) is 8.07 Å². The lowest BCUT2D eigenvalue weighted by atomic mass is 10.0. The first-order valence-corrected chi connectivity index (χ1v) is 21.7. The highest BCUT2D eigenvalue weighted by Crippen LogP contribution is 2.40. The van der Waals surface area contributed by atoms with Crippen molar-refractivity contribution in [2.24, 2.45) is 0 Å². The molecule has 9 aromatic carbocycles. The molecule has 0 amide bonds. The average Bonchev–Trinajstić information content (AvgIpc) is 3.80. The molecule has 0 radical (unpaired) electrons. The zero-order chi connectivity index (χ0) is 37.8. The maximum atomic E-state index is 2.52. The van der Waals surface area contributed by atoms with E-state index in [1.165, 1.54) is 75.5 Å². The van der Waals surface area contributed by atoms with Crippen LogP contribution in [-0.4, -0.2) is 17.2 Å². The van der Waals surface area contributed by atoms with E-state index < -0.39 is 8.07 Å². The van der Waals surface area contributed by atoms with Crippen molar-refractivity contribution in [1.29, 1.82) is 0 Å². The third-order valence-corrected chi connectivity index (χ3v) is 16.7. The van der Waals surface area contributed by atoms with Gasteiger partial charge in [-0.25, -0.2) is 0 Å². The number of nitrogens with zero attached hydrogens (tertiary/aromatic N) is 2. The van der Waals surface area contributed by atoms with Crippen LogP contribution >= 0.6 is 0 Å². The number of aromatic nitrogens is 2. The lowest BCUT2D eigenvalue weighted by molar-refractivity contribution is 1.16. The maximum absolute atomic E-state index is 2.73. The maximum Gasteiger partial charge on any atom is 0.179 e. The van der Waals surface area contributed by atoms with Crippen molar-refractivity contribution in [3.63, 3.8) is 0 Å². The highest BCUT2D eigenvalue weighted by Gasteiger charge is 2.41. The Bertz CT molecular complexity index is 3080. The number of benzene rings is 9. The molecule has 2 heterocycles.